The van der Waals surface area contributed by atoms with Gasteiger partial charge in [-0.25, -0.2) is 0 Å². The van der Waals surface area contributed by atoms with Gasteiger partial charge in [-0.05, 0) is 34.1 Å². The number of halogens is 3. The van der Waals surface area contributed by atoms with Crippen molar-refractivity contribution in [3.63, 3.8) is 0 Å². The highest BCUT2D eigenvalue weighted by Crippen LogP contribution is 2.26. The number of rotatable bonds is 3. The van der Waals surface area contributed by atoms with E-state index in [0.29, 0.717) is 15.8 Å². The van der Waals surface area contributed by atoms with Crippen LogP contribution in [0.5, 0.6) is 5.75 Å². The molecule has 0 fully saturated rings. The average Bonchev–Trinajstić information content (AvgIpc) is 2.16. The van der Waals surface area contributed by atoms with Crippen LogP contribution in [0, 0.1) is 0 Å². The molecule has 0 bridgehead atoms. The van der Waals surface area contributed by atoms with Crippen LogP contribution in [0.15, 0.2) is 22.7 Å². The number of benzene rings is 1. The fourth-order valence-electron chi connectivity index (χ4n) is 0.946. The van der Waals surface area contributed by atoms with Crippen LogP contribution in [0.4, 0.5) is 0 Å². The Balaban J connectivity index is 3.03. The lowest BCUT2D eigenvalue weighted by atomic mass is 10.1. The summed E-state index contributed by atoms with van der Waals surface area (Å²) in [5.41, 5.74) is 0.452. The molecule has 0 heterocycles. The molecule has 0 saturated carbocycles. The molecule has 1 rings (SSSR count). The summed E-state index contributed by atoms with van der Waals surface area (Å²) >= 11 is 14.2. The molecule has 0 saturated heterocycles. The Morgan fingerprint density at radius 2 is 2.14 bits per heavy atom. The molecule has 0 aliphatic heterocycles. The molecule has 2 nitrogen and oxygen atoms in total. The van der Waals surface area contributed by atoms with Crippen LogP contribution in [0.2, 0.25) is 0 Å². The summed E-state index contributed by atoms with van der Waals surface area (Å²) in [6, 6.07) is 4.91. The van der Waals surface area contributed by atoms with Crippen LogP contribution >= 0.6 is 39.1 Å². The highest BCUT2D eigenvalue weighted by molar-refractivity contribution is 9.10. The monoisotopic (exact) mass is 296 g/mol. The van der Waals surface area contributed by atoms with Crippen LogP contribution in [-0.4, -0.2) is 17.7 Å². The summed E-state index contributed by atoms with van der Waals surface area (Å²) in [6.45, 7) is 0. The molecule has 14 heavy (non-hydrogen) atoms. The summed E-state index contributed by atoms with van der Waals surface area (Å²) in [7, 11) is 1.55. The SMILES string of the molecule is COc1ccc(C(=O)C(Cl)Cl)cc1Br. The van der Waals surface area contributed by atoms with Crippen molar-refractivity contribution >= 4 is 44.9 Å². The van der Waals surface area contributed by atoms with Crippen LogP contribution in [-0.2, 0) is 0 Å². The standard InChI is InChI=1S/C9H7BrCl2O2/c1-14-7-3-2-5(4-6(7)10)8(13)9(11)12/h2-4,9H,1H3. The van der Waals surface area contributed by atoms with E-state index in [4.69, 9.17) is 27.9 Å². The zero-order valence-corrected chi connectivity index (χ0v) is 10.4. The van der Waals surface area contributed by atoms with Crippen LogP contribution in [0.1, 0.15) is 10.4 Å². The Morgan fingerprint density at radius 3 is 2.57 bits per heavy atom. The second-order valence-electron chi connectivity index (χ2n) is 2.51. The highest BCUT2D eigenvalue weighted by Gasteiger charge is 2.15. The van der Waals surface area contributed by atoms with Gasteiger partial charge in [0.05, 0.1) is 11.6 Å². The summed E-state index contributed by atoms with van der Waals surface area (Å²) < 4.78 is 5.71. The second-order valence-corrected chi connectivity index (χ2v) is 4.46. The van der Waals surface area contributed by atoms with Gasteiger partial charge in [0.2, 0.25) is 0 Å². The van der Waals surface area contributed by atoms with Crippen molar-refractivity contribution in [3.05, 3.63) is 28.2 Å². The van der Waals surface area contributed by atoms with E-state index in [2.05, 4.69) is 15.9 Å². The quantitative estimate of drug-likeness (QED) is 0.631. The molecule has 0 N–H and O–H groups in total. The number of alkyl halides is 2. The molecule has 0 amide bonds. The van der Waals surface area contributed by atoms with Crippen LogP contribution < -0.4 is 4.74 Å². The fraction of sp³-hybridized carbons (Fsp3) is 0.222. The minimum Gasteiger partial charge on any atom is -0.496 e. The van der Waals surface area contributed by atoms with Gasteiger partial charge >= 0.3 is 0 Å². The smallest absolute Gasteiger partial charge is 0.195 e. The van der Waals surface area contributed by atoms with Gasteiger partial charge in [0.25, 0.3) is 0 Å². The van der Waals surface area contributed by atoms with Crippen molar-refractivity contribution in [1.82, 2.24) is 0 Å². The molecule has 0 radical (unpaired) electrons. The van der Waals surface area contributed by atoms with Gasteiger partial charge in [0.1, 0.15) is 5.75 Å². The Morgan fingerprint density at radius 1 is 1.50 bits per heavy atom. The first kappa shape index (κ1) is 11.8. The van der Waals surface area contributed by atoms with E-state index in [0.717, 1.165) is 0 Å². The first-order chi connectivity index (χ1) is 6.56. The predicted octanol–water partition coefficient (Wildman–Crippen LogP) is 3.44. The van der Waals surface area contributed by atoms with Crippen molar-refractivity contribution in [2.45, 2.75) is 4.84 Å². The molecular formula is C9H7BrCl2O2. The van der Waals surface area contributed by atoms with Crippen molar-refractivity contribution < 1.29 is 9.53 Å². The van der Waals surface area contributed by atoms with Gasteiger partial charge in [-0.1, -0.05) is 23.2 Å². The van der Waals surface area contributed by atoms with Crippen molar-refractivity contribution in [1.29, 1.82) is 0 Å². The molecule has 0 spiro atoms. The van der Waals surface area contributed by atoms with Crippen molar-refractivity contribution in [2.24, 2.45) is 0 Å². The minimum absolute atomic E-state index is 0.323. The number of methoxy groups -OCH3 is 1. The summed E-state index contributed by atoms with van der Waals surface area (Å²) in [5, 5.41) is 0. The molecule has 0 atom stereocenters. The van der Waals surface area contributed by atoms with E-state index in [1.54, 1.807) is 25.3 Å². The van der Waals surface area contributed by atoms with Gasteiger partial charge in [-0.2, -0.15) is 0 Å². The topological polar surface area (TPSA) is 26.3 Å². The molecule has 5 heteroatoms. The predicted molar refractivity (Wildman–Crippen MR) is 60.5 cm³/mol. The van der Waals surface area contributed by atoms with E-state index >= 15 is 0 Å². The zero-order chi connectivity index (χ0) is 10.7. The number of ether oxygens (including phenoxy) is 1. The molecule has 0 aliphatic carbocycles. The van der Waals surface area contributed by atoms with Gasteiger partial charge in [-0.3, -0.25) is 4.79 Å². The fourth-order valence-corrected chi connectivity index (χ4v) is 1.74. The first-order valence-corrected chi connectivity index (χ1v) is 5.38. The van der Waals surface area contributed by atoms with E-state index in [-0.39, 0.29) is 5.78 Å². The van der Waals surface area contributed by atoms with Gasteiger partial charge in [0.15, 0.2) is 10.6 Å². The number of carbonyl (C=O) groups is 1. The number of hydrogen-bond donors (Lipinski definition) is 0. The molecule has 0 aliphatic rings. The molecule has 1 aromatic rings. The molecule has 1 aromatic carbocycles. The maximum absolute atomic E-state index is 11.4. The van der Waals surface area contributed by atoms with E-state index < -0.39 is 4.84 Å². The molecule has 0 unspecified atom stereocenters. The molecule has 0 aromatic heterocycles. The van der Waals surface area contributed by atoms with E-state index in [1.165, 1.54) is 0 Å². The third-order valence-corrected chi connectivity index (χ3v) is 2.65. The Bertz CT molecular complexity index is 353. The van der Waals surface area contributed by atoms with Crippen LogP contribution in [0.3, 0.4) is 0 Å². The average molecular weight is 298 g/mol. The summed E-state index contributed by atoms with van der Waals surface area (Å²) in [6.07, 6.45) is 0. The maximum Gasteiger partial charge on any atom is 0.195 e. The highest BCUT2D eigenvalue weighted by atomic mass is 79.9. The van der Waals surface area contributed by atoms with Crippen molar-refractivity contribution in [2.75, 3.05) is 7.11 Å². The Labute approximate surface area is 100 Å². The number of ketones is 1. The first-order valence-electron chi connectivity index (χ1n) is 3.72. The number of Topliss-reactive ketones (excluding diaryl/α,β-unsaturated/α-hetero) is 1. The lowest BCUT2D eigenvalue weighted by Crippen LogP contribution is -2.07. The third-order valence-electron chi connectivity index (χ3n) is 1.63. The van der Waals surface area contributed by atoms with Crippen LogP contribution in [0.25, 0.3) is 0 Å². The lowest BCUT2D eigenvalue weighted by molar-refractivity contribution is 0.101. The minimum atomic E-state index is -1.03. The van der Waals surface area contributed by atoms with Gasteiger partial charge in [0, 0.05) is 5.56 Å². The Hall–Kier alpha value is -0.250. The summed E-state index contributed by atoms with van der Waals surface area (Å²) in [5.74, 6) is 0.332. The maximum atomic E-state index is 11.4. The Kier molecular flexibility index (Phi) is 4.23. The third kappa shape index (κ3) is 2.62. The van der Waals surface area contributed by atoms with Gasteiger partial charge < -0.3 is 4.74 Å². The van der Waals surface area contributed by atoms with E-state index in [1.807, 2.05) is 0 Å². The number of hydrogen-bond acceptors (Lipinski definition) is 2. The summed E-state index contributed by atoms with van der Waals surface area (Å²) in [4.78, 5) is 10.3. The zero-order valence-electron chi connectivity index (χ0n) is 7.26. The van der Waals surface area contributed by atoms with Crippen molar-refractivity contribution in [3.8, 4) is 5.75 Å². The van der Waals surface area contributed by atoms with E-state index in [9.17, 15) is 4.79 Å². The number of carbonyl (C=O) groups excluding carboxylic acids is 1. The lowest BCUT2D eigenvalue weighted by Gasteiger charge is -2.05. The largest absolute Gasteiger partial charge is 0.496 e. The van der Waals surface area contributed by atoms with Gasteiger partial charge in [-0.15, -0.1) is 0 Å². The second kappa shape index (κ2) is 5.01. The molecule has 76 valence electrons. The molecular weight excluding hydrogens is 291 g/mol. The normalized spacial score (nSPS) is 10.4.